The molecular formula is C28H34N4. The van der Waals surface area contributed by atoms with Crippen LogP contribution in [0.3, 0.4) is 0 Å². The van der Waals surface area contributed by atoms with Crippen molar-refractivity contribution in [2.75, 3.05) is 11.9 Å². The van der Waals surface area contributed by atoms with Crippen LogP contribution in [0.2, 0.25) is 0 Å². The lowest BCUT2D eigenvalue weighted by atomic mass is 9.86. The molecule has 4 nitrogen and oxygen atoms in total. The number of aromatic nitrogens is 3. The van der Waals surface area contributed by atoms with E-state index in [9.17, 15) is 0 Å². The minimum absolute atomic E-state index is 0.739. The Hall–Kier alpha value is -2.88. The van der Waals surface area contributed by atoms with E-state index >= 15 is 0 Å². The fraction of sp³-hybridized carbons (Fsp3) is 0.429. The summed E-state index contributed by atoms with van der Waals surface area (Å²) in [4.78, 5) is 13.5. The molecule has 1 aliphatic carbocycles. The number of aryl methyl sites for hydroxylation is 2. The van der Waals surface area contributed by atoms with Gasteiger partial charge in [0.05, 0.1) is 5.39 Å². The van der Waals surface area contributed by atoms with Gasteiger partial charge in [0.2, 0.25) is 0 Å². The minimum Gasteiger partial charge on any atom is -0.369 e. The van der Waals surface area contributed by atoms with E-state index in [4.69, 9.17) is 9.97 Å². The first-order valence-corrected chi connectivity index (χ1v) is 12.2. The number of nitrogens with one attached hydrogen (secondary N) is 2. The van der Waals surface area contributed by atoms with Gasteiger partial charge >= 0.3 is 0 Å². The van der Waals surface area contributed by atoms with Crippen LogP contribution in [0.15, 0.2) is 42.5 Å². The molecule has 2 N–H and O–H groups in total. The Morgan fingerprint density at radius 2 is 1.81 bits per heavy atom. The molecule has 166 valence electrons. The summed E-state index contributed by atoms with van der Waals surface area (Å²) >= 11 is 0. The largest absolute Gasteiger partial charge is 0.369 e. The van der Waals surface area contributed by atoms with Crippen LogP contribution in [0.1, 0.15) is 67.5 Å². The molecule has 0 saturated heterocycles. The fourth-order valence-corrected chi connectivity index (χ4v) is 5.24. The number of anilines is 1. The summed E-state index contributed by atoms with van der Waals surface area (Å²) in [5.41, 5.74) is 5.83. The zero-order valence-electron chi connectivity index (χ0n) is 19.4. The van der Waals surface area contributed by atoms with Crippen LogP contribution in [0.25, 0.3) is 21.9 Å². The number of aromatic amines is 1. The molecule has 32 heavy (non-hydrogen) atoms. The number of fused-ring (bicyclic) bond motifs is 3. The average Bonchev–Trinajstić information content (AvgIpc) is 3.14. The number of nitrogens with zero attached hydrogens (tertiary/aromatic N) is 2. The van der Waals surface area contributed by atoms with Gasteiger partial charge in [0.25, 0.3) is 0 Å². The Balaban J connectivity index is 1.42. The van der Waals surface area contributed by atoms with E-state index in [2.05, 4.69) is 66.6 Å². The summed E-state index contributed by atoms with van der Waals surface area (Å²) in [7, 11) is 0. The highest BCUT2D eigenvalue weighted by molar-refractivity contribution is 6.11. The molecule has 2 aromatic carbocycles. The second-order valence-corrected chi connectivity index (χ2v) is 9.62. The molecule has 0 aliphatic heterocycles. The fourth-order valence-electron chi connectivity index (χ4n) is 5.24. The van der Waals surface area contributed by atoms with Crippen molar-refractivity contribution < 1.29 is 0 Å². The van der Waals surface area contributed by atoms with Crippen molar-refractivity contribution in [1.29, 1.82) is 0 Å². The molecule has 4 aromatic rings. The van der Waals surface area contributed by atoms with Gasteiger partial charge in [-0.3, -0.25) is 0 Å². The summed E-state index contributed by atoms with van der Waals surface area (Å²) < 4.78 is 0. The molecule has 4 heteroatoms. The highest BCUT2D eigenvalue weighted by atomic mass is 15.1. The van der Waals surface area contributed by atoms with E-state index < -0.39 is 0 Å². The number of H-pyrrole nitrogens is 1. The van der Waals surface area contributed by atoms with Crippen LogP contribution in [0, 0.1) is 19.8 Å². The Kier molecular flexibility index (Phi) is 6.11. The lowest BCUT2D eigenvalue weighted by Gasteiger charge is -2.21. The predicted molar refractivity (Wildman–Crippen MR) is 134 cm³/mol. The maximum atomic E-state index is 5.01. The van der Waals surface area contributed by atoms with Gasteiger partial charge in [-0.05, 0) is 49.8 Å². The van der Waals surface area contributed by atoms with Gasteiger partial charge in [-0.15, -0.1) is 0 Å². The van der Waals surface area contributed by atoms with Gasteiger partial charge in [-0.2, -0.15) is 0 Å². The molecule has 1 fully saturated rings. The van der Waals surface area contributed by atoms with Gasteiger partial charge in [-0.1, -0.05) is 74.1 Å². The lowest BCUT2D eigenvalue weighted by Crippen LogP contribution is -2.11. The number of hydrogen-bond donors (Lipinski definition) is 2. The summed E-state index contributed by atoms with van der Waals surface area (Å²) in [6, 6.07) is 15.2. The van der Waals surface area contributed by atoms with Gasteiger partial charge < -0.3 is 10.3 Å². The highest BCUT2D eigenvalue weighted by Crippen LogP contribution is 2.31. The van der Waals surface area contributed by atoms with E-state index in [1.807, 2.05) is 0 Å². The van der Waals surface area contributed by atoms with E-state index in [1.54, 1.807) is 0 Å². The third kappa shape index (κ3) is 4.64. The molecule has 0 spiro atoms. The summed E-state index contributed by atoms with van der Waals surface area (Å²) in [6.07, 6.45) is 10.4. The van der Waals surface area contributed by atoms with Gasteiger partial charge in [0, 0.05) is 23.9 Å². The molecule has 1 saturated carbocycles. The molecule has 1 aliphatic rings. The predicted octanol–water partition coefficient (Wildman–Crippen LogP) is 7.09. The normalized spacial score (nSPS) is 14.9. The summed E-state index contributed by atoms with van der Waals surface area (Å²) in [5, 5.41) is 6.00. The Labute approximate surface area is 190 Å². The van der Waals surface area contributed by atoms with Crippen LogP contribution >= 0.6 is 0 Å². The van der Waals surface area contributed by atoms with Crippen molar-refractivity contribution >= 4 is 27.8 Å². The first-order chi connectivity index (χ1) is 15.7. The van der Waals surface area contributed by atoms with E-state index in [0.29, 0.717) is 0 Å². The van der Waals surface area contributed by atoms with E-state index in [1.165, 1.54) is 67.0 Å². The van der Waals surface area contributed by atoms with Crippen LogP contribution in [0.5, 0.6) is 0 Å². The van der Waals surface area contributed by atoms with Crippen molar-refractivity contribution in [3.63, 3.8) is 0 Å². The summed E-state index contributed by atoms with van der Waals surface area (Å²) in [5.74, 6) is 2.75. The molecule has 0 bridgehead atoms. The molecule has 5 rings (SSSR count). The minimum atomic E-state index is 0.739. The van der Waals surface area contributed by atoms with E-state index in [-0.39, 0.29) is 0 Å². The molecule has 2 aromatic heterocycles. The lowest BCUT2D eigenvalue weighted by molar-refractivity contribution is 0.335. The standard InChI is InChI=1S/C28H34N4/c1-19-8-6-11-22(16-19)18-25-31-27(29-15-7-12-21-9-4-3-5-10-21)26-23-14-13-20(2)17-24(23)30-28(26)32-25/h6,8,11,13-14,16-17,21H,3-5,7,9-10,12,15,18H2,1-2H3,(H2,29,30,31,32). The SMILES string of the molecule is Cc1cccc(Cc2nc(NCCCC3CCCCC3)c3c(n2)[nH]c2cc(C)ccc23)c1. The maximum Gasteiger partial charge on any atom is 0.144 e. The number of benzene rings is 2. The zero-order valence-corrected chi connectivity index (χ0v) is 19.4. The van der Waals surface area contributed by atoms with Crippen LogP contribution in [-0.2, 0) is 6.42 Å². The van der Waals surface area contributed by atoms with Crippen LogP contribution in [0.4, 0.5) is 5.82 Å². The first kappa shape index (κ1) is 21.0. The monoisotopic (exact) mass is 426 g/mol. The maximum absolute atomic E-state index is 5.01. The first-order valence-electron chi connectivity index (χ1n) is 12.2. The Morgan fingerprint density at radius 1 is 0.969 bits per heavy atom. The number of hydrogen-bond acceptors (Lipinski definition) is 3. The molecule has 0 radical (unpaired) electrons. The average molecular weight is 427 g/mol. The van der Waals surface area contributed by atoms with Crippen molar-refractivity contribution in [2.24, 2.45) is 5.92 Å². The third-order valence-corrected chi connectivity index (χ3v) is 6.90. The second-order valence-electron chi connectivity index (χ2n) is 9.62. The molecule has 2 heterocycles. The molecule has 0 amide bonds. The van der Waals surface area contributed by atoms with Gasteiger partial charge in [-0.25, -0.2) is 9.97 Å². The van der Waals surface area contributed by atoms with Crippen LogP contribution in [-0.4, -0.2) is 21.5 Å². The highest BCUT2D eigenvalue weighted by Gasteiger charge is 2.16. The quantitative estimate of drug-likeness (QED) is 0.310. The molecule has 0 atom stereocenters. The summed E-state index contributed by atoms with van der Waals surface area (Å²) in [6.45, 7) is 5.22. The third-order valence-electron chi connectivity index (χ3n) is 6.90. The van der Waals surface area contributed by atoms with E-state index in [0.717, 1.165) is 47.1 Å². The van der Waals surface area contributed by atoms with Crippen molar-refractivity contribution in [2.45, 2.75) is 65.2 Å². The van der Waals surface area contributed by atoms with Gasteiger partial charge in [0.1, 0.15) is 17.3 Å². The van der Waals surface area contributed by atoms with Crippen molar-refractivity contribution in [3.05, 3.63) is 65.0 Å². The second kappa shape index (κ2) is 9.32. The number of rotatable bonds is 7. The van der Waals surface area contributed by atoms with Crippen molar-refractivity contribution in [3.8, 4) is 0 Å². The van der Waals surface area contributed by atoms with Gasteiger partial charge in [0.15, 0.2) is 0 Å². The Morgan fingerprint density at radius 3 is 2.66 bits per heavy atom. The van der Waals surface area contributed by atoms with Crippen molar-refractivity contribution in [1.82, 2.24) is 15.0 Å². The van der Waals surface area contributed by atoms with Crippen LogP contribution < -0.4 is 5.32 Å². The smallest absolute Gasteiger partial charge is 0.144 e. The molecule has 0 unspecified atom stereocenters. The Bertz CT molecular complexity index is 1220. The topological polar surface area (TPSA) is 53.6 Å². The molecular weight excluding hydrogens is 392 g/mol. The zero-order chi connectivity index (χ0) is 21.9.